The van der Waals surface area contributed by atoms with Crippen molar-refractivity contribution in [3.8, 4) is 0 Å². The van der Waals surface area contributed by atoms with Crippen LogP contribution in [0.5, 0.6) is 0 Å². The Kier molecular flexibility index (Phi) is 3.47. The van der Waals surface area contributed by atoms with E-state index in [0.29, 0.717) is 5.56 Å². The van der Waals surface area contributed by atoms with E-state index in [2.05, 4.69) is 20.9 Å². The molecule has 16 heavy (non-hydrogen) atoms. The zero-order valence-electron chi connectivity index (χ0n) is 8.51. The fourth-order valence-corrected chi connectivity index (χ4v) is 2.00. The maximum atomic E-state index is 12.1. The van der Waals surface area contributed by atoms with E-state index in [4.69, 9.17) is 0 Å². The quantitative estimate of drug-likeness (QED) is 0.635. The van der Waals surface area contributed by atoms with Gasteiger partial charge in [-0.2, -0.15) is 0 Å². The van der Waals surface area contributed by atoms with Gasteiger partial charge in [-0.15, -0.1) is 0 Å². The van der Waals surface area contributed by atoms with Crippen molar-refractivity contribution in [3.63, 3.8) is 0 Å². The minimum absolute atomic E-state index is 0.0271. The molecule has 3 heteroatoms. The third-order valence-electron chi connectivity index (χ3n) is 2.27. The molecule has 2 aromatic rings. The lowest BCUT2D eigenvalue weighted by molar-refractivity contribution is 0.0991. The molecule has 1 aromatic carbocycles. The largest absolute Gasteiger partial charge is 0.292 e. The number of halogens is 1. The maximum absolute atomic E-state index is 12.1. The molecule has 0 aliphatic rings. The second-order valence-corrected chi connectivity index (χ2v) is 4.29. The molecule has 0 bridgehead atoms. The lowest BCUT2D eigenvalue weighted by atomic mass is 10.0. The summed E-state index contributed by atoms with van der Waals surface area (Å²) in [5, 5.41) is 0. The van der Waals surface area contributed by atoms with Gasteiger partial charge in [0.1, 0.15) is 4.83 Å². The molecule has 0 saturated heterocycles. The number of carbonyl (C=O) groups excluding carboxylic acids is 1. The van der Waals surface area contributed by atoms with Crippen LogP contribution in [-0.4, -0.2) is 10.8 Å². The topological polar surface area (TPSA) is 30.0 Å². The van der Waals surface area contributed by atoms with Crippen LogP contribution in [0, 0.1) is 0 Å². The molecule has 0 fully saturated rings. The van der Waals surface area contributed by atoms with Crippen molar-refractivity contribution in [1.29, 1.82) is 0 Å². The van der Waals surface area contributed by atoms with Crippen LogP contribution >= 0.6 is 15.9 Å². The first-order chi connectivity index (χ1) is 7.79. The Labute approximate surface area is 102 Å². The number of alkyl halides is 1. The standard InChI is InChI=1S/C13H10BrNO/c14-12(10-5-2-1-3-6-10)13(16)11-7-4-8-15-9-11/h1-9,12H. The molecule has 0 N–H and O–H groups in total. The number of nitrogens with zero attached hydrogens (tertiary/aromatic N) is 1. The molecule has 0 aliphatic heterocycles. The van der Waals surface area contributed by atoms with Gasteiger partial charge in [-0.05, 0) is 17.7 Å². The molecule has 2 rings (SSSR count). The van der Waals surface area contributed by atoms with Gasteiger partial charge in [-0.1, -0.05) is 46.3 Å². The highest BCUT2D eigenvalue weighted by Crippen LogP contribution is 2.26. The molecule has 1 heterocycles. The van der Waals surface area contributed by atoms with Gasteiger partial charge >= 0.3 is 0 Å². The minimum atomic E-state index is -0.308. The fourth-order valence-electron chi connectivity index (χ4n) is 1.43. The Hall–Kier alpha value is -1.48. The third kappa shape index (κ3) is 2.36. The van der Waals surface area contributed by atoms with Crippen molar-refractivity contribution in [2.24, 2.45) is 0 Å². The molecule has 1 aromatic heterocycles. The van der Waals surface area contributed by atoms with Crippen LogP contribution in [0.15, 0.2) is 54.9 Å². The first kappa shape index (κ1) is 11.0. The molecule has 80 valence electrons. The summed E-state index contributed by atoms with van der Waals surface area (Å²) in [6, 6.07) is 13.1. The van der Waals surface area contributed by atoms with E-state index in [1.165, 1.54) is 0 Å². The molecular formula is C13H10BrNO. The molecule has 1 unspecified atom stereocenters. The van der Waals surface area contributed by atoms with Crippen LogP contribution in [0.25, 0.3) is 0 Å². The first-order valence-corrected chi connectivity index (χ1v) is 5.84. The van der Waals surface area contributed by atoms with E-state index in [9.17, 15) is 4.79 Å². The zero-order valence-corrected chi connectivity index (χ0v) is 10.1. The van der Waals surface area contributed by atoms with Crippen LogP contribution in [0.2, 0.25) is 0 Å². The van der Waals surface area contributed by atoms with Crippen molar-refractivity contribution < 1.29 is 4.79 Å². The Morgan fingerprint density at radius 3 is 2.50 bits per heavy atom. The van der Waals surface area contributed by atoms with Gasteiger partial charge < -0.3 is 0 Å². The maximum Gasteiger partial charge on any atom is 0.182 e. The number of benzene rings is 1. The molecule has 0 radical (unpaired) electrons. The predicted octanol–water partition coefficient (Wildman–Crippen LogP) is 3.40. The van der Waals surface area contributed by atoms with E-state index >= 15 is 0 Å². The second kappa shape index (κ2) is 5.03. The van der Waals surface area contributed by atoms with E-state index in [0.717, 1.165) is 5.56 Å². The summed E-state index contributed by atoms with van der Waals surface area (Å²) in [6.45, 7) is 0. The van der Waals surface area contributed by atoms with Crippen LogP contribution in [0.3, 0.4) is 0 Å². The first-order valence-electron chi connectivity index (χ1n) is 4.92. The summed E-state index contributed by atoms with van der Waals surface area (Å²) in [6.07, 6.45) is 3.24. The number of pyridine rings is 1. The van der Waals surface area contributed by atoms with Gasteiger partial charge in [0.25, 0.3) is 0 Å². The summed E-state index contributed by atoms with van der Waals surface area (Å²) < 4.78 is 0. The van der Waals surface area contributed by atoms with Gasteiger partial charge in [-0.25, -0.2) is 0 Å². The van der Waals surface area contributed by atoms with Crippen LogP contribution in [0.1, 0.15) is 20.7 Å². The smallest absolute Gasteiger partial charge is 0.182 e. The lowest BCUT2D eigenvalue weighted by Crippen LogP contribution is -2.07. The summed E-state index contributed by atoms with van der Waals surface area (Å²) >= 11 is 3.41. The lowest BCUT2D eigenvalue weighted by Gasteiger charge is -2.08. The molecule has 0 amide bonds. The van der Waals surface area contributed by atoms with Crippen molar-refractivity contribution in [1.82, 2.24) is 4.98 Å². The van der Waals surface area contributed by atoms with Gasteiger partial charge in [-0.3, -0.25) is 9.78 Å². The molecule has 0 aliphatic carbocycles. The molecule has 1 atom stereocenters. The second-order valence-electron chi connectivity index (χ2n) is 3.38. The van der Waals surface area contributed by atoms with Crippen LogP contribution in [0.4, 0.5) is 0 Å². The number of hydrogen-bond donors (Lipinski definition) is 0. The Bertz CT molecular complexity index is 470. The summed E-state index contributed by atoms with van der Waals surface area (Å²) in [4.78, 5) is 15.7. The van der Waals surface area contributed by atoms with E-state index < -0.39 is 0 Å². The Morgan fingerprint density at radius 2 is 1.88 bits per heavy atom. The molecule has 2 nitrogen and oxygen atoms in total. The van der Waals surface area contributed by atoms with Crippen molar-refractivity contribution >= 4 is 21.7 Å². The Morgan fingerprint density at radius 1 is 1.12 bits per heavy atom. The van der Waals surface area contributed by atoms with E-state index in [-0.39, 0.29) is 10.6 Å². The SMILES string of the molecule is O=C(c1cccnc1)C(Br)c1ccccc1. The monoisotopic (exact) mass is 275 g/mol. The molecule has 0 saturated carbocycles. The highest BCUT2D eigenvalue weighted by Gasteiger charge is 2.18. The summed E-state index contributed by atoms with van der Waals surface area (Å²) in [5.41, 5.74) is 1.57. The molecule has 0 spiro atoms. The van der Waals surface area contributed by atoms with Crippen molar-refractivity contribution in [2.75, 3.05) is 0 Å². The number of hydrogen-bond acceptors (Lipinski definition) is 2. The summed E-state index contributed by atoms with van der Waals surface area (Å²) in [7, 11) is 0. The molecular weight excluding hydrogens is 266 g/mol. The number of rotatable bonds is 3. The number of ketones is 1. The van der Waals surface area contributed by atoms with Gasteiger partial charge in [0.15, 0.2) is 5.78 Å². The van der Waals surface area contributed by atoms with Crippen molar-refractivity contribution in [3.05, 3.63) is 66.0 Å². The normalized spacial score (nSPS) is 12.1. The van der Waals surface area contributed by atoms with Gasteiger partial charge in [0, 0.05) is 18.0 Å². The van der Waals surface area contributed by atoms with Crippen molar-refractivity contribution in [2.45, 2.75) is 4.83 Å². The van der Waals surface area contributed by atoms with E-state index in [1.807, 2.05) is 30.3 Å². The van der Waals surface area contributed by atoms with E-state index in [1.54, 1.807) is 24.5 Å². The van der Waals surface area contributed by atoms with Gasteiger partial charge in [0.05, 0.1) is 0 Å². The highest BCUT2D eigenvalue weighted by atomic mass is 79.9. The third-order valence-corrected chi connectivity index (χ3v) is 3.21. The Balaban J connectivity index is 2.24. The van der Waals surface area contributed by atoms with Crippen LogP contribution in [-0.2, 0) is 0 Å². The fraction of sp³-hybridized carbons (Fsp3) is 0.0769. The number of aromatic nitrogens is 1. The number of Topliss-reactive ketones (excluding diaryl/α,β-unsaturated/α-hetero) is 1. The average Bonchev–Trinajstić information content (AvgIpc) is 2.39. The van der Waals surface area contributed by atoms with Crippen LogP contribution < -0.4 is 0 Å². The predicted molar refractivity (Wildman–Crippen MR) is 66.7 cm³/mol. The minimum Gasteiger partial charge on any atom is -0.292 e. The zero-order chi connectivity index (χ0) is 11.4. The highest BCUT2D eigenvalue weighted by molar-refractivity contribution is 9.09. The summed E-state index contributed by atoms with van der Waals surface area (Å²) in [5.74, 6) is 0.0271. The average molecular weight is 276 g/mol. The van der Waals surface area contributed by atoms with Gasteiger partial charge in [0.2, 0.25) is 0 Å². The number of carbonyl (C=O) groups is 1.